The third-order valence-electron chi connectivity index (χ3n) is 5.50. The number of ether oxygens (including phenoxy) is 1. The Labute approximate surface area is 198 Å². The van der Waals surface area contributed by atoms with Crippen LogP contribution in [-0.4, -0.2) is 54.6 Å². The maximum absolute atomic E-state index is 12.9. The summed E-state index contributed by atoms with van der Waals surface area (Å²) in [5.41, 5.74) is 5.19. The fraction of sp³-hybridized carbons (Fsp3) is 0.192. The second-order valence-corrected chi connectivity index (χ2v) is 7.97. The molecular formula is C26H27N5O3. The van der Waals surface area contributed by atoms with Crippen LogP contribution in [0.5, 0.6) is 5.75 Å². The standard InChI is InChI=1S/C26H27N5O3/c1-5-27-26(33)30-22-11-10-16(12-20(22)25(32)31(2)3)17-13-19-21(15-29-24(19)28-14-17)18-8-6-7-9-23(18)34-4/h6-15H,5H2,1-4H3,(H,28,29)(H2,27,30,33). The highest BCUT2D eigenvalue weighted by Crippen LogP contribution is 2.36. The molecule has 0 aliphatic heterocycles. The van der Waals surface area contributed by atoms with Crippen molar-refractivity contribution in [2.75, 3.05) is 33.1 Å². The van der Waals surface area contributed by atoms with Crippen molar-refractivity contribution in [3.63, 3.8) is 0 Å². The van der Waals surface area contributed by atoms with Crippen LogP contribution in [0, 0.1) is 0 Å². The number of carbonyl (C=O) groups excluding carboxylic acids is 2. The number of rotatable bonds is 6. The molecule has 8 heteroatoms. The number of anilines is 1. The van der Waals surface area contributed by atoms with Crippen molar-refractivity contribution in [3.8, 4) is 28.0 Å². The van der Waals surface area contributed by atoms with Gasteiger partial charge < -0.3 is 25.3 Å². The van der Waals surface area contributed by atoms with Gasteiger partial charge in [-0.1, -0.05) is 24.3 Å². The van der Waals surface area contributed by atoms with Crippen LogP contribution in [0.2, 0.25) is 0 Å². The number of urea groups is 1. The molecule has 0 aliphatic carbocycles. The number of fused-ring (bicyclic) bond motifs is 1. The Kier molecular flexibility index (Phi) is 6.49. The Balaban J connectivity index is 1.80. The number of nitrogens with zero attached hydrogens (tertiary/aromatic N) is 2. The molecule has 0 spiro atoms. The maximum Gasteiger partial charge on any atom is 0.319 e. The molecule has 34 heavy (non-hydrogen) atoms. The summed E-state index contributed by atoms with van der Waals surface area (Å²) in [6.45, 7) is 2.32. The van der Waals surface area contributed by atoms with E-state index in [-0.39, 0.29) is 11.9 Å². The van der Waals surface area contributed by atoms with Crippen molar-refractivity contribution in [2.45, 2.75) is 6.92 Å². The van der Waals surface area contributed by atoms with E-state index in [1.807, 2.05) is 49.5 Å². The summed E-state index contributed by atoms with van der Waals surface area (Å²) in [5.74, 6) is 0.562. The van der Waals surface area contributed by atoms with Crippen molar-refractivity contribution < 1.29 is 14.3 Å². The van der Waals surface area contributed by atoms with Crippen molar-refractivity contribution in [1.29, 1.82) is 0 Å². The first-order chi connectivity index (χ1) is 16.4. The molecule has 0 unspecified atom stereocenters. The predicted octanol–water partition coefficient (Wildman–Crippen LogP) is 4.75. The summed E-state index contributed by atoms with van der Waals surface area (Å²) in [4.78, 5) is 34.3. The molecule has 174 valence electrons. The molecule has 0 saturated heterocycles. The third-order valence-corrected chi connectivity index (χ3v) is 5.50. The van der Waals surface area contributed by atoms with Gasteiger partial charge in [0.2, 0.25) is 0 Å². The molecule has 0 atom stereocenters. The fourth-order valence-electron chi connectivity index (χ4n) is 3.83. The SMILES string of the molecule is CCNC(=O)Nc1ccc(-c2cnc3[nH]cc(-c4ccccc4OC)c3c2)cc1C(=O)N(C)C. The summed E-state index contributed by atoms with van der Waals surface area (Å²) in [5, 5.41) is 6.38. The first kappa shape index (κ1) is 22.8. The average Bonchev–Trinajstić information content (AvgIpc) is 3.27. The smallest absolute Gasteiger partial charge is 0.319 e. The fourth-order valence-corrected chi connectivity index (χ4v) is 3.83. The number of aromatic nitrogens is 2. The number of pyridine rings is 1. The number of methoxy groups -OCH3 is 1. The Bertz CT molecular complexity index is 1360. The Morgan fingerprint density at radius 3 is 2.59 bits per heavy atom. The second-order valence-electron chi connectivity index (χ2n) is 7.97. The van der Waals surface area contributed by atoms with E-state index in [0.29, 0.717) is 17.8 Å². The molecule has 2 heterocycles. The molecule has 2 aromatic carbocycles. The maximum atomic E-state index is 12.9. The van der Waals surface area contributed by atoms with Crippen LogP contribution in [-0.2, 0) is 0 Å². The number of hydrogen-bond donors (Lipinski definition) is 3. The Morgan fingerprint density at radius 1 is 1.06 bits per heavy atom. The molecule has 8 nitrogen and oxygen atoms in total. The molecule has 3 N–H and O–H groups in total. The lowest BCUT2D eigenvalue weighted by molar-refractivity contribution is 0.0828. The van der Waals surface area contributed by atoms with Crippen molar-refractivity contribution in [3.05, 3.63) is 66.5 Å². The molecule has 0 saturated carbocycles. The molecule has 0 bridgehead atoms. The lowest BCUT2D eigenvalue weighted by atomic mass is 9.99. The highest BCUT2D eigenvalue weighted by molar-refractivity contribution is 6.04. The minimum Gasteiger partial charge on any atom is -0.496 e. The molecule has 0 aliphatic rings. The number of carbonyl (C=O) groups is 2. The van der Waals surface area contributed by atoms with Crippen LogP contribution in [0.4, 0.5) is 10.5 Å². The summed E-state index contributed by atoms with van der Waals surface area (Å²) in [6.07, 6.45) is 3.68. The molecule has 4 rings (SSSR count). The van der Waals surface area contributed by atoms with Gasteiger partial charge in [-0.2, -0.15) is 0 Å². The number of hydrogen-bond acceptors (Lipinski definition) is 4. The number of para-hydroxylation sites is 1. The van der Waals surface area contributed by atoms with Crippen LogP contribution in [0.15, 0.2) is 60.9 Å². The number of aromatic amines is 1. The monoisotopic (exact) mass is 457 g/mol. The highest BCUT2D eigenvalue weighted by atomic mass is 16.5. The van der Waals surface area contributed by atoms with Crippen molar-refractivity contribution in [2.24, 2.45) is 0 Å². The molecular weight excluding hydrogens is 430 g/mol. The van der Waals surface area contributed by atoms with E-state index >= 15 is 0 Å². The molecule has 3 amide bonds. The normalized spacial score (nSPS) is 10.7. The molecule has 0 fully saturated rings. The van der Waals surface area contributed by atoms with Gasteiger partial charge in [-0.25, -0.2) is 9.78 Å². The van der Waals surface area contributed by atoms with Crippen LogP contribution in [0.25, 0.3) is 33.3 Å². The van der Waals surface area contributed by atoms with Gasteiger partial charge in [-0.15, -0.1) is 0 Å². The summed E-state index contributed by atoms with van der Waals surface area (Å²) in [7, 11) is 5.01. The van der Waals surface area contributed by atoms with E-state index in [9.17, 15) is 9.59 Å². The Hall–Kier alpha value is -4.33. The van der Waals surface area contributed by atoms with Gasteiger partial charge in [0, 0.05) is 55.1 Å². The van der Waals surface area contributed by atoms with Crippen LogP contribution >= 0.6 is 0 Å². The second kappa shape index (κ2) is 9.66. The van der Waals surface area contributed by atoms with Gasteiger partial charge in [-0.05, 0) is 36.8 Å². The van der Waals surface area contributed by atoms with E-state index in [2.05, 4.69) is 20.6 Å². The van der Waals surface area contributed by atoms with Gasteiger partial charge in [0.15, 0.2) is 0 Å². The first-order valence-corrected chi connectivity index (χ1v) is 10.9. The van der Waals surface area contributed by atoms with Crippen LogP contribution < -0.4 is 15.4 Å². The summed E-state index contributed by atoms with van der Waals surface area (Å²) in [6, 6.07) is 14.9. The van der Waals surface area contributed by atoms with Crippen LogP contribution in [0.1, 0.15) is 17.3 Å². The van der Waals surface area contributed by atoms with Gasteiger partial charge in [0.05, 0.1) is 18.4 Å². The van der Waals surface area contributed by atoms with E-state index in [1.54, 1.807) is 39.5 Å². The van der Waals surface area contributed by atoms with E-state index in [1.165, 1.54) is 4.90 Å². The number of H-pyrrole nitrogens is 1. The van der Waals surface area contributed by atoms with Crippen LogP contribution in [0.3, 0.4) is 0 Å². The van der Waals surface area contributed by atoms with E-state index in [0.717, 1.165) is 39.0 Å². The third kappa shape index (κ3) is 4.43. The lowest BCUT2D eigenvalue weighted by Crippen LogP contribution is -2.30. The topological polar surface area (TPSA) is 99.4 Å². The lowest BCUT2D eigenvalue weighted by Gasteiger charge is -2.16. The first-order valence-electron chi connectivity index (χ1n) is 10.9. The summed E-state index contributed by atoms with van der Waals surface area (Å²) >= 11 is 0. The molecule has 0 radical (unpaired) electrons. The number of benzene rings is 2. The largest absolute Gasteiger partial charge is 0.496 e. The van der Waals surface area contributed by atoms with Gasteiger partial charge in [0.25, 0.3) is 5.91 Å². The van der Waals surface area contributed by atoms with Gasteiger partial charge in [-0.3, -0.25) is 4.79 Å². The van der Waals surface area contributed by atoms with E-state index in [4.69, 9.17) is 4.74 Å². The molecule has 2 aromatic heterocycles. The minimum absolute atomic E-state index is 0.209. The quantitative estimate of drug-likeness (QED) is 0.389. The zero-order valence-corrected chi connectivity index (χ0v) is 19.6. The average molecular weight is 458 g/mol. The van der Waals surface area contributed by atoms with Gasteiger partial charge >= 0.3 is 6.03 Å². The Morgan fingerprint density at radius 2 is 1.85 bits per heavy atom. The molecule has 4 aromatic rings. The highest BCUT2D eigenvalue weighted by Gasteiger charge is 2.18. The minimum atomic E-state index is -0.361. The number of nitrogens with one attached hydrogen (secondary N) is 3. The van der Waals surface area contributed by atoms with Gasteiger partial charge in [0.1, 0.15) is 11.4 Å². The zero-order chi connectivity index (χ0) is 24.2. The summed E-state index contributed by atoms with van der Waals surface area (Å²) < 4.78 is 5.54. The van der Waals surface area contributed by atoms with Crippen molar-refractivity contribution >= 4 is 28.7 Å². The van der Waals surface area contributed by atoms with Crippen molar-refractivity contribution in [1.82, 2.24) is 20.2 Å². The van der Waals surface area contributed by atoms with E-state index < -0.39 is 0 Å². The predicted molar refractivity (Wildman–Crippen MR) is 134 cm³/mol. The zero-order valence-electron chi connectivity index (χ0n) is 19.6. The number of amides is 3.